The second-order valence-corrected chi connectivity index (χ2v) is 6.57. The Kier molecular flexibility index (Phi) is 8.67. The molecule has 0 aromatic heterocycles. The van der Waals surface area contributed by atoms with Gasteiger partial charge in [0, 0.05) is 6.54 Å². The maximum atomic E-state index is 12.5. The summed E-state index contributed by atoms with van der Waals surface area (Å²) in [5.41, 5.74) is 0.977. The van der Waals surface area contributed by atoms with Gasteiger partial charge in [0.15, 0.2) is 5.78 Å². The van der Waals surface area contributed by atoms with Gasteiger partial charge in [-0.2, -0.15) is 0 Å². The quantitative estimate of drug-likeness (QED) is 0.641. The van der Waals surface area contributed by atoms with Gasteiger partial charge in [0.25, 0.3) is 0 Å². The Morgan fingerprint density at radius 2 is 1.64 bits per heavy atom. The van der Waals surface area contributed by atoms with Crippen molar-refractivity contribution in [2.45, 2.75) is 59.2 Å². The van der Waals surface area contributed by atoms with Crippen molar-refractivity contribution in [2.24, 2.45) is 5.92 Å². The van der Waals surface area contributed by atoms with Crippen LogP contribution >= 0.6 is 0 Å². The average Bonchev–Trinajstić information content (AvgIpc) is 2.57. The maximum Gasteiger partial charge on any atom is 0.315 e. The molecule has 0 fully saturated rings. The topological polar surface area (TPSA) is 87.3 Å². The number of rotatable bonds is 9. The van der Waals surface area contributed by atoms with Crippen LogP contribution in [-0.4, -0.2) is 29.8 Å². The minimum absolute atomic E-state index is 0.0901. The summed E-state index contributed by atoms with van der Waals surface area (Å²) in [4.78, 5) is 36.1. The summed E-state index contributed by atoms with van der Waals surface area (Å²) in [6.07, 6.45) is 1.02. The normalized spacial score (nSPS) is 13.0. The highest BCUT2D eigenvalue weighted by molar-refractivity contribution is 5.91. The van der Waals surface area contributed by atoms with Crippen molar-refractivity contribution in [3.8, 4) is 0 Å². The summed E-state index contributed by atoms with van der Waals surface area (Å²) in [6, 6.07) is 7.94. The number of hydrogen-bond acceptors (Lipinski definition) is 3. The fraction of sp³-hybridized carbons (Fsp3) is 0.526. The zero-order valence-corrected chi connectivity index (χ0v) is 15.5. The van der Waals surface area contributed by atoms with Crippen LogP contribution in [0.5, 0.6) is 0 Å². The predicted molar refractivity (Wildman–Crippen MR) is 98.0 cm³/mol. The van der Waals surface area contributed by atoms with Crippen LogP contribution in [0.3, 0.4) is 0 Å². The first-order chi connectivity index (χ1) is 11.8. The summed E-state index contributed by atoms with van der Waals surface area (Å²) in [5, 5.41) is 8.18. The van der Waals surface area contributed by atoms with Crippen molar-refractivity contribution in [2.75, 3.05) is 0 Å². The largest absolute Gasteiger partial charge is 0.345 e. The SMILES string of the molecule is CCC(NC(=O)C(CC(C)C)NC(=O)NCc1ccccc1)C(C)=O. The average molecular weight is 347 g/mol. The number of carbonyl (C=O) groups is 3. The van der Waals surface area contributed by atoms with Crippen LogP contribution in [0.1, 0.15) is 46.1 Å². The molecule has 0 bridgehead atoms. The van der Waals surface area contributed by atoms with Gasteiger partial charge in [-0.3, -0.25) is 9.59 Å². The van der Waals surface area contributed by atoms with Crippen LogP contribution in [0.25, 0.3) is 0 Å². The number of hydrogen-bond donors (Lipinski definition) is 3. The molecule has 0 saturated heterocycles. The summed E-state index contributed by atoms with van der Waals surface area (Å²) in [6.45, 7) is 7.63. The lowest BCUT2D eigenvalue weighted by Crippen LogP contribution is -2.53. The fourth-order valence-electron chi connectivity index (χ4n) is 2.45. The van der Waals surface area contributed by atoms with Crippen molar-refractivity contribution in [3.63, 3.8) is 0 Å². The highest BCUT2D eigenvalue weighted by Gasteiger charge is 2.25. The van der Waals surface area contributed by atoms with E-state index in [1.54, 1.807) is 0 Å². The third-order valence-electron chi connectivity index (χ3n) is 3.84. The van der Waals surface area contributed by atoms with Gasteiger partial charge in [-0.05, 0) is 31.2 Å². The molecule has 0 radical (unpaired) electrons. The number of Topliss-reactive ketones (excluding diaryl/α,β-unsaturated/α-hetero) is 1. The van der Waals surface area contributed by atoms with Gasteiger partial charge in [-0.1, -0.05) is 51.1 Å². The molecule has 0 aliphatic heterocycles. The van der Waals surface area contributed by atoms with E-state index in [-0.39, 0.29) is 17.6 Å². The van der Waals surface area contributed by atoms with E-state index in [0.29, 0.717) is 19.4 Å². The predicted octanol–water partition coefficient (Wildman–Crippen LogP) is 2.38. The molecule has 1 aromatic carbocycles. The number of amides is 3. The third kappa shape index (κ3) is 7.83. The molecule has 0 heterocycles. The number of urea groups is 1. The molecule has 0 aliphatic rings. The molecule has 0 aliphatic carbocycles. The smallest absolute Gasteiger partial charge is 0.315 e. The highest BCUT2D eigenvalue weighted by atomic mass is 16.2. The fourth-order valence-corrected chi connectivity index (χ4v) is 2.45. The maximum absolute atomic E-state index is 12.5. The first kappa shape index (κ1) is 20.7. The van der Waals surface area contributed by atoms with Gasteiger partial charge in [-0.15, -0.1) is 0 Å². The van der Waals surface area contributed by atoms with Gasteiger partial charge in [-0.25, -0.2) is 4.79 Å². The Balaban J connectivity index is 2.63. The zero-order valence-electron chi connectivity index (χ0n) is 15.5. The molecule has 2 atom stereocenters. The Morgan fingerprint density at radius 1 is 1.00 bits per heavy atom. The Labute approximate surface area is 149 Å². The first-order valence-electron chi connectivity index (χ1n) is 8.72. The second-order valence-electron chi connectivity index (χ2n) is 6.57. The third-order valence-corrected chi connectivity index (χ3v) is 3.84. The molecule has 1 aromatic rings. The van der Waals surface area contributed by atoms with Crippen LogP contribution in [0.2, 0.25) is 0 Å². The van der Waals surface area contributed by atoms with Crippen molar-refractivity contribution in [1.29, 1.82) is 0 Å². The van der Waals surface area contributed by atoms with E-state index in [4.69, 9.17) is 0 Å². The standard InChI is InChI=1S/C19H29N3O3/c1-5-16(14(4)23)21-18(24)17(11-13(2)3)22-19(25)20-12-15-9-7-6-8-10-15/h6-10,13,16-17H,5,11-12H2,1-4H3,(H,21,24)(H2,20,22,25). The molecular weight excluding hydrogens is 318 g/mol. The van der Waals surface area contributed by atoms with Crippen molar-refractivity contribution in [1.82, 2.24) is 16.0 Å². The van der Waals surface area contributed by atoms with Crippen molar-refractivity contribution >= 4 is 17.7 Å². The van der Waals surface area contributed by atoms with Gasteiger partial charge >= 0.3 is 6.03 Å². The van der Waals surface area contributed by atoms with Gasteiger partial charge < -0.3 is 16.0 Å². The van der Waals surface area contributed by atoms with E-state index >= 15 is 0 Å². The van der Waals surface area contributed by atoms with Crippen LogP contribution in [0, 0.1) is 5.92 Å². The lowest BCUT2D eigenvalue weighted by Gasteiger charge is -2.23. The molecule has 0 saturated carbocycles. The van der Waals surface area contributed by atoms with Crippen molar-refractivity contribution < 1.29 is 14.4 Å². The molecule has 1 rings (SSSR count). The zero-order chi connectivity index (χ0) is 18.8. The molecule has 3 amide bonds. The summed E-state index contributed by atoms with van der Waals surface area (Å²) >= 11 is 0. The number of nitrogens with one attached hydrogen (secondary N) is 3. The van der Waals surface area contributed by atoms with Crippen molar-refractivity contribution in [3.05, 3.63) is 35.9 Å². The summed E-state index contributed by atoms with van der Waals surface area (Å²) in [5.74, 6) is -0.194. The number of ketones is 1. The van der Waals surface area contributed by atoms with Crippen LogP contribution in [0.4, 0.5) is 4.79 Å². The van der Waals surface area contributed by atoms with E-state index in [2.05, 4.69) is 16.0 Å². The van der Waals surface area contributed by atoms with Gasteiger partial charge in [0.2, 0.25) is 5.91 Å². The molecule has 0 spiro atoms. The van der Waals surface area contributed by atoms with E-state index in [1.165, 1.54) is 6.92 Å². The Hall–Kier alpha value is -2.37. The Bertz CT molecular complexity index is 573. The highest BCUT2D eigenvalue weighted by Crippen LogP contribution is 2.06. The summed E-state index contributed by atoms with van der Waals surface area (Å²) < 4.78 is 0. The van der Waals surface area contributed by atoms with Gasteiger partial charge in [0.1, 0.15) is 6.04 Å². The molecule has 6 heteroatoms. The van der Waals surface area contributed by atoms with E-state index in [9.17, 15) is 14.4 Å². The number of benzene rings is 1. The lowest BCUT2D eigenvalue weighted by molar-refractivity contribution is -0.128. The molecule has 25 heavy (non-hydrogen) atoms. The molecular formula is C19H29N3O3. The first-order valence-corrected chi connectivity index (χ1v) is 8.72. The lowest BCUT2D eigenvalue weighted by atomic mass is 10.0. The number of carbonyl (C=O) groups excluding carboxylic acids is 3. The van der Waals surface area contributed by atoms with Crippen LogP contribution in [-0.2, 0) is 16.1 Å². The summed E-state index contributed by atoms with van der Waals surface area (Å²) in [7, 11) is 0. The molecule has 3 N–H and O–H groups in total. The molecule has 6 nitrogen and oxygen atoms in total. The van der Waals surface area contributed by atoms with E-state index < -0.39 is 18.1 Å². The van der Waals surface area contributed by atoms with Crippen LogP contribution < -0.4 is 16.0 Å². The van der Waals surface area contributed by atoms with Crippen LogP contribution in [0.15, 0.2) is 30.3 Å². The minimum Gasteiger partial charge on any atom is -0.345 e. The monoisotopic (exact) mass is 347 g/mol. The second kappa shape index (κ2) is 10.5. The molecule has 2 unspecified atom stereocenters. The molecule has 138 valence electrons. The Morgan fingerprint density at radius 3 is 2.16 bits per heavy atom. The van der Waals surface area contributed by atoms with E-state index in [1.807, 2.05) is 51.1 Å². The van der Waals surface area contributed by atoms with Gasteiger partial charge in [0.05, 0.1) is 6.04 Å². The van der Waals surface area contributed by atoms with E-state index in [0.717, 1.165) is 5.56 Å². The minimum atomic E-state index is -0.677.